The molecule has 1 heterocycles. The molecule has 3 rings (SSSR count). The second-order valence-corrected chi connectivity index (χ2v) is 7.97. The first-order valence-corrected chi connectivity index (χ1v) is 10.5. The van der Waals surface area contributed by atoms with Crippen molar-refractivity contribution in [2.45, 2.75) is 18.6 Å². The number of halogens is 1. The number of amides is 2. The summed E-state index contributed by atoms with van der Waals surface area (Å²) in [4.78, 5) is 42.5. The van der Waals surface area contributed by atoms with E-state index in [1.54, 1.807) is 62.5 Å². The van der Waals surface area contributed by atoms with Gasteiger partial charge in [0.2, 0.25) is 11.8 Å². The zero-order valence-corrected chi connectivity index (χ0v) is 18.0. The van der Waals surface area contributed by atoms with Gasteiger partial charge in [-0.1, -0.05) is 35.5 Å². The van der Waals surface area contributed by atoms with E-state index in [1.807, 2.05) is 0 Å². The lowest BCUT2D eigenvalue weighted by Gasteiger charge is -2.10. The van der Waals surface area contributed by atoms with Gasteiger partial charge in [0.25, 0.3) is 0 Å². The maximum Gasteiger partial charge on any atom is 0.338 e. The number of hydrogen-bond donors (Lipinski definition) is 1. The molecule has 1 saturated heterocycles. The van der Waals surface area contributed by atoms with E-state index < -0.39 is 11.2 Å². The van der Waals surface area contributed by atoms with E-state index in [0.717, 1.165) is 0 Å². The van der Waals surface area contributed by atoms with E-state index >= 15 is 0 Å². The summed E-state index contributed by atoms with van der Waals surface area (Å²) in [5, 5.41) is 3.07. The number of esters is 1. The largest absolute Gasteiger partial charge is 0.462 e. The van der Waals surface area contributed by atoms with Crippen LogP contribution < -0.4 is 5.32 Å². The lowest BCUT2D eigenvalue weighted by atomic mass is 10.2. The number of para-hydroxylation sites is 1. The van der Waals surface area contributed by atoms with Crippen LogP contribution in [0.5, 0.6) is 0 Å². The zero-order valence-electron chi connectivity index (χ0n) is 16.4. The molecule has 2 amide bonds. The Bertz CT molecular complexity index is 994. The lowest BCUT2D eigenvalue weighted by Crippen LogP contribution is -2.30. The Hall–Kier alpha value is -2.84. The quantitative estimate of drug-likeness (QED) is 0.676. The minimum atomic E-state index is -0.574. The number of carbonyl (C=O) groups excluding carboxylic acids is 3. The van der Waals surface area contributed by atoms with E-state index in [-0.39, 0.29) is 18.2 Å². The number of anilines is 1. The molecule has 0 aliphatic carbocycles. The number of carbonyl (C=O) groups is 3. The normalized spacial score (nSPS) is 17.3. The van der Waals surface area contributed by atoms with Crippen LogP contribution in [-0.4, -0.2) is 46.8 Å². The minimum absolute atomic E-state index is 0.000120. The third kappa shape index (κ3) is 5.20. The van der Waals surface area contributed by atoms with E-state index in [2.05, 4.69) is 10.3 Å². The molecule has 30 heavy (non-hydrogen) atoms. The molecular formula is C21H20ClN3O4S. The van der Waals surface area contributed by atoms with Gasteiger partial charge in [-0.05, 0) is 43.3 Å². The second kappa shape index (κ2) is 9.77. The standard InChI is InChI=1S/C21H20ClN3O4S/c1-3-29-20(28)13-8-10-14(11-9-13)23-21-25(2)19(27)17(30-21)12-18(26)24-16-7-5-4-6-15(16)22/h4-11,17H,3,12H2,1-2H3,(H,24,26). The van der Waals surface area contributed by atoms with Crippen molar-refractivity contribution in [3.8, 4) is 0 Å². The molecule has 2 aromatic rings. The van der Waals surface area contributed by atoms with Crippen LogP contribution in [0, 0.1) is 0 Å². The van der Waals surface area contributed by atoms with Gasteiger partial charge in [0.05, 0.1) is 28.6 Å². The number of hydrogen-bond acceptors (Lipinski definition) is 6. The third-order valence-electron chi connectivity index (χ3n) is 4.26. The van der Waals surface area contributed by atoms with E-state index in [9.17, 15) is 14.4 Å². The van der Waals surface area contributed by atoms with Crippen molar-refractivity contribution in [1.29, 1.82) is 0 Å². The summed E-state index contributed by atoms with van der Waals surface area (Å²) in [6, 6.07) is 13.5. The molecule has 1 aliphatic rings. The Labute approximate surface area is 183 Å². The van der Waals surface area contributed by atoms with Crippen molar-refractivity contribution in [2.24, 2.45) is 4.99 Å². The van der Waals surface area contributed by atoms with Crippen LogP contribution in [0.4, 0.5) is 11.4 Å². The van der Waals surface area contributed by atoms with E-state index in [1.165, 1.54) is 16.7 Å². The summed E-state index contributed by atoms with van der Waals surface area (Å²) < 4.78 is 4.96. The van der Waals surface area contributed by atoms with Crippen LogP contribution in [0.2, 0.25) is 5.02 Å². The maximum absolute atomic E-state index is 12.5. The number of aliphatic imine (C=N–C) groups is 1. The Morgan fingerprint density at radius 1 is 1.20 bits per heavy atom. The molecule has 156 valence electrons. The molecule has 1 N–H and O–H groups in total. The monoisotopic (exact) mass is 445 g/mol. The van der Waals surface area contributed by atoms with Gasteiger partial charge in [0.1, 0.15) is 5.25 Å². The van der Waals surface area contributed by atoms with Gasteiger partial charge in [-0.2, -0.15) is 0 Å². The average molecular weight is 446 g/mol. The first-order chi connectivity index (χ1) is 14.4. The summed E-state index contributed by atoms with van der Waals surface area (Å²) in [5.74, 6) is -0.901. The van der Waals surface area contributed by atoms with Crippen molar-refractivity contribution in [3.63, 3.8) is 0 Å². The summed E-state index contributed by atoms with van der Waals surface area (Å²) >= 11 is 7.28. The fourth-order valence-corrected chi connectivity index (χ4v) is 4.06. The lowest BCUT2D eigenvalue weighted by molar-refractivity contribution is -0.127. The van der Waals surface area contributed by atoms with Gasteiger partial charge < -0.3 is 10.1 Å². The summed E-state index contributed by atoms with van der Waals surface area (Å²) in [6.45, 7) is 2.05. The molecule has 0 aromatic heterocycles. The number of nitrogens with one attached hydrogen (secondary N) is 1. The summed E-state index contributed by atoms with van der Waals surface area (Å²) in [7, 11) is 1.62. The minimum Gasteiger partial charge on any atom is -0.462 e. The number of nitrogens with zero attached hydrogens (tertiary/aromatic N) is 2. The number of benzene rings is 2. The number of ether oxygens (including phenoxy) is 1. The summed E-state index contributed by atoms with van der Waals surface area (Å²) in [5.41, 5.74) is 1.52. The highest BCUT2D eigenvalue weighted by atomic mass is 35.5. The van der Waals surface area contributed by atoms with Crippen LogP contribution in [0.1, 0.15) is 23.7 Å². The van der Waals surface area contributed by atoms with Crippen molar-refractivity contribution >= 4 is 57.7 Å². The molecule has 0 saturated carbocycles. The van der Waals surface area contributed by atoms with Gasteiger partial charge in [-0.3, -0.25) is 14.5 Å². The molecule has 0 spiro atoms. The van der Waals surface area contributed by atoms with E-state index in [0.29, 0.717) is 33.7 Å². The smallest absolute Gasteiger partial charge is 0.338 e. The number of amidine groups is 1. The van der Waals surface area contributed by atoms with Gasteiger partial charge in [0, 0.05) is 13.5 Å². The highest BCUT2D eigenvalue weighted by molar-refractivity contribution is 8.15. The zero-order chi connectivity index (χ0) is 21.7. The van der Waals surface area contributed by atoms with Gasteiger partial charge >= 0.3 is 5.97 Å². The highest BCUT2D eigenvalue weighted by Crippen LogP contribution is 2.31. The molecule has 1 atom stereocenters. The molecule has 1 aliphatic heterocycles. The predicted octanol–water partition coefficient (Wildman–Crippen LogP) is 4.11. The Morgan fingerprint density at radius 3 is 2.57 bits per heavy atom. The fourth-order valence-electron chi connectivity index (χ4n) is 2.73. The Kier molecular flexibility index (Phi) is 7.12. The van der Waals surface area contributed by atoms with Crippen LogP contribution in [0.3, 0.4) is 0 Å². The fraction of sp³-hybridized carbons (Fsp3) is 0.238. The first-order valence-electron chi connectivity index (χ1n) is 9.23. The molecule has 1 unspecified atom stereocenters. The number of thioether (sulfide) groups is 1. The molecule has 9 heteroatoms. The van der Waals surface area contributed by atoms with Gasteiger partial charge in [-0.25, -0.2) is 9.79 Å². The molecular weight excluding hydrogens is 426 g/mol. The average Bonchev–Trinajstić information content (AvgIpc) is 2.98. The van der Waals surface area contributed by atoms with Crippen molar-refractivity contribution in [1.82, 2.24) is 4.90 Å². The molecule has 0 bridgehead atoms. The highest BCUT2D eigenvalue weighted by Gasteiger charge is 2.37. The Morgan fingerprint density at radius 2 is 1.90 bits per heavy atom. The van der Waals surface area contributed by atoms with Crippen LogP contribution >= 0.6 is 23.4 Å². The van der Waals surface area contributed by atoms with Gasteiger partial charge in [0.15, 0.2) is 5.17 Å². The van der Waals surface area contributed by atoms with Crippen molar-refractivity contribution in [2.75, 3.05) is 19.0 Å². The molecule has 1 fully saturated rings. The predicted molar refractivity (Wildman–Crippen MR) is 118 cm³/mol. The second-order valence-electron chi connectivity index (χ2n) is 6.40. The molecule has 0 radical (unpaired) electrons. The Balaban J connectivity index is 1.66. The van der Waals surface area contributed by atoms with E-state index in [4.69, 9.17) is 16.3 Å². The first kappa shape index (κ1) is 21.9. The van der Waals surface area contributed by atoms with Gasteiger partial charge in [-0.15, -0.1) is 0 Å². The van der Waals surface area contributed by atoms with Crippen LogP contribution in [0.15, 0.2) is 53.5 Å². The summed E-state index contributed by atoms with van der Waals surface area (Å²) in [6.07, 6.45) is -0.000120. The van der Waals surface area contributed by atoms with Crippen LogP contribution in [0.25, 0.3) is 0 Å². The number of rotatable bonds is 6. The van der Waals surface area contributed by atoms with Crippen molar-refractivity contribution in [3.05, 3.63) is 59.1 Å². The topological polar surface area (TPSA) is 88.1 Å². The molecule has 2 aromatic carbocycles. The molecule has 7 nitrogen and oxygen atoms in total. The third-order valence-corrected chi connectivity index (χ3v) is 5.82. The SMILES string of the molecule is CCOC(=O)c1ccc(N=C2SC(CC(=O)Nc3ccccc3Cl)C(=O)N2C)cc1. The maximum atomic E-state index is 12.5. The van der Waals surface area contributed by atoms with Crippen LogP contribution in [-0.2, 0) is 14.3 Å². The van der Waals surface area contributed by atoms with Crippen molar-refractivity contribution < 1.29 is 19.1 Å².